The second kappa shape index (κ2) is 8.56. The molecule has 0 bridgehead atoms. The molecule has 0 saturated heterocycles. The zero-order valence-corrected chi connectivity index (χ0v) is 15.5. The molecule has 0 unspecified atom stereocenters. The molecule has 4 rings (SSSR count). The predicted molar refractivity (Wildman–Crippen MR) is 99.4 cm³/mol. The number of alkyl halides is 3. The van der Waals surface area contributed by atoms with E-state index in [9.17, 15) is 26.7 Å². The normalized spacial score (nSPS) is 12.7. The average molecular weight is 421 g/mol. The number of halogens is 5. The van der Waals surface area contributed by atoms with Gasteiger partial charge >= 0.3 is 6.18 Å². The zero-order valence-electron chi connectivity index (χ0n) is 15.5. The fourth-order valence-corrected chi connectivity index (χ4v) is 3.05. The van der Waals surface area contributed by atoms with Crippen molar-refractivity contribution in [3.8, 4) is 11.3 Å². The SMILES string of the molecule is FC(F)(F)c1cc(-c2cc3c(cn2)CCC3)ccn1.NC(=O)c1cc(F)cc(F)c1. The Bertz CT molecular complexity index is 1060. The number of fused-ring (bicyclic) bond motifs is 1. The first-order valence-corrected chi connectivity index (χ1v) is 8.91. The predicted octanol–water partition coefficient (Wildman–Crippen LogP) is 4.71. The molecule has 156 valence electrons. The van der Waals surface area contributed by atoms with E-state index in [4.69, 9.17) is 5.73 Å². The van der Waals surface area contributed by atoms with Crippen LogP contribution in [-0.4, -0.2) is 15.9 Å². The van der Waals surface area contributed by atoms with Gasteiger partial charge in [0.1, 0.15) is 17.3 Å². The molecule has 0 spiro atoms. The summed E-state index contributed by atoms with van der Waals surface area (Å²) < 4.78 is 62.5. The third kappa shape index (κ3) is 5.16. The summed E-state index contributed by atoms with van der Waals surface area (Å²) in [4.78, 5) is 18.0. The van der Waals surface area contributed by atoms with E-state index < -0.39 is 29.4 Å². The highest BCUT2D eigenvalue weighted by molar-refractivity contribution is 5.92. The molecule has 4 nitrogen and oxygen atoms in total. The summed E-state index contributed by atoms with van der Waals surface area (Å²) >= 11 is 0. The van der Waals surface area contributed by atoms with Gasteiger partial charge in [0, 0.05) is 29.6 Å². The molecule has 1 aliphatic rings. The third-order valence-corrected chi connectivity index (χ3v) is 4.47. The van der Waals surface area contributed by atoms with Crippen LogP contribution in [0.4, 0.5) is 22.0 Å². The lowest BCUT2D eigenvalue weighted by Gasteiger charge is -2.08. The molecule has 0 radical (unpaired) electrons. The smallest absolute Gasteiger partial charge is 0.366 e. The van der Waals surface area contributed by atoms with Gasteiger partial charge < -0.3 is 5.73 Å². The molecule has 1 aromatic carbocycles. The van der Waals surface area contributed by atoms with E-state index in [1.165, 1.54) is 17.3 Å². The standard InChI is InChI=1S/C14H11F3N2.C7H5F2NO/c15-14(16,17)13-7-10(4-5-18-13)12-6-9-2-1-3-11(9)8-19-12;8-5-1-4(7(10)11)2-6(9)3-5/h4-8H,1-3H2;1-3H,(H2,10,11). The van der Waals surface area contributed by atoms with Crippen LogP contribution in [-0.2, 0) is 19.0 Å². The molecule has 0 aliphatic heterocycles. The molecule has 0 atom stereocenters. The number of aromatic nitrogens is 2. The molecule has 2 heterocycles. The quantitative estimate of drug-likeness (QED) is 0.609. The van der Waals surface area contributed by atoms with E-state index >= 15 is 0 Å². The highest BCUT2D eigenvalue weighted by Crippen LogP contribution is 2.31. The molecular formula is C21H16F5N3O. The molecular weight excluding hydrogens is 405 g/mol. The molecule has 9 heteroatoms. The summed E-state index contributed by atoms with van der Waals surface area (Å²) in [5.41, 5.74) is 7.16. The average Bonchev–Trinajstić information content (AvgIpc) is 3.15. The van der Waals surface area contributed by atoms with Crippen LogP contribution in [0.5, 0.6) is 0 Å². The van der Waals surface area contributed by atoms with Gasteiger partial charge in [0.05, 0.1) is 5.69 Å². The summed E-state index contributed by atoms with van der Waals surface area (Å²) in [6, 6.07) is 6.92. The minimum absolute atomic E-state index is 0.164. The minimum atomic E-state index is -4.42. The van der Waals surface area contributed by atoms with Crippen LogP contribution in [0.3, 0.4) is 0 Å². The van der Waals surface area contributed by atoms with Gasteiger partial charge in [-0.2, -0.15) is 13.2 Å². The van der Waals surface area contributed by atoms with E-state index in [0.29, 0.717) is 17.3 Å². The topological polar surface area (TPSA) is 68.9 Å². The number of primary amides is 1. The van der Waals surface area contributed by atoms with Crippen molar-refractivity contribution in [2.24, 2.45) is 5.73 Å². The Morgan fingerprint density at radius 2 is 1.60 bits per heavy atom. The highest BCUT2D eigenvalue weighted by atomic mass is 19.4. The van der Waals surface area contributed by atoms with Gasteiger partial charge in [-0.05, 0) is 60.7 Å². The zero-order chi connectivity index (χ0) is 21.9. The van der Waals surface area contributed by atoms with Gasteiger partial charge in [0.25, 0.3) is 0 Å². The lowest BCUT2D eigenvalue weighted by Crippen LogP contribution is -2.11. The van der Waals surface area contributed by atoms with Crippen LogP contribution in [0.15, 0.2) is 48.8 Å². The van der Waals surface area contributed by atoms with Crippen LogP contribution < -0.4 is 5.73 Å². The molecule has 1 amide bonds. The van der Waals surface area contributed by atoms with Gasteiger partial charge in [-0.3, -0.25) is 14.8 Å². The number of hydrogen-bond donors (Lipinski definition) is 1. The van der Waals surface area contributed by atoms with Crippen molar-refractivity contribution < 1.29 is 26.7 Å². The first kappa shape index (κ1) is 21.4. The molecule has 2 N–H and O–H groups in total. The largest absolute Gasteiger partial charge is 0.433 e. The number of nitrogens with zero attached hydrogens (tertiary/aromatic N) is 2. The fraction of sp³-hybridized carbons (Fsp3) is 0.190. The first-order chi connectivity index (χ1) is 14.1. The number of carbonyl (C=O) groups is 1. The van der Waals surface area contributed by atoms with Gasteiger partial charge in [0.15, 0.2) is 0 Å². The Morgan fingerprint density at radius 3 is 2.23 bits per heavy atom. The Labute approximate surface area is 168 Å². The highest BCUT2D eigenvalue weighted by Gasteiger charge is 2.32. The minimum Gasteiger partial charge on any atom is -0.366 e. The van der Waals surface area contributed by atoms with Crippen LogP contribution in [0.2, 0.25) is 0 Å². The Hall–Kier alpha value is -3.36. The maximum Gasteiger partial charge on any atom is 0.433 e. The van der Waals surface area contributed by atoms with Crippen molar-refractivity contribution in [3.63, 3.8) is 0 Å². The Balaban J connectivity index is 0.000000199. The molecule has 2 aromatic heterocycles. The number of rotatable bonds is 2. The van der Waals surface area contributed by atoms with Crippen LogP contribution in [0, 0.1) is 11.6 Å². The van der Waals surface area contributed by atoms with Gasteiger partial charge in [-0.25, -0.2) is 8.78 Å². The van der Waals surface area contributed by atoms with E-state index in [1.807, 2.05) is 6.07 Å². The molecule has 30 heavy (non-hydrogen) atoms. The summed E-state index contributed by atoms with van der Waals surface area (Å²) in [5, 5.41) is 0. The number of hydrogen-bond acceptors (Lipinski definition) is 3. The summed E-state index contributed by atoms with van der Waals surface area (Å²) in [6.45, 7) is 0. The van der Waals surface area contributed by atoms with Crippen molar-refractivity contribution in [1.82, 2.24) is 9.97 Å². The van der Waals surface area contributed by atoms with Gasteiger partial charge in [-0.15, -0.1) is 0 Å². The van der Waals surface area contributed by atoms with Gasteiger partial charge in [0.2, 0.25) is 5.91 Å². The summed E-state index contributed by atoms with van der Waals surface area (Å²) in [5.74, 6) is -2.46. The van der Waals surface area contributed by atoms with Gasteiger partial charge in [-0.1, -0.05) is 0 Å². The van der Waals surface area contributed by atoms with Crippen molar-refractivity contribution in [1.29, 1.82) is 0 Å². The van der Waals surface area contributed by atoms with E-state index in [2.05, 4.69) is 9.97 Å². The van der Waals surface area contributed by atoms with Crippen molar-refractivity contribution >= 4 is 5.91 Å². The number of aryl methyl sites for hydroxylation is 2. The number of pyridine rings is 2. The number of benzene rings is 1. The van der Waals surface area contributed by atoms with Crippen molar-refractivity contribution in [2.75, 3.05) is 0 Å². The molecule has 0 saturated carbocycles. The Kier molecular flexibility index (Phi) is 6.09. The maximum absolute atomic E-state index is 12.6. The number of amides is 1. The molecule has 0 fully saturated rings. The fourth-order valence-electron chi connectivity index (χ4n) is 3.05. The second-order valence-electron chi connectivity index (χ2n) is 6.64. The lowest BCUT2D eigenvalue weighted by atomic mass is 10.1. The van der Waals surface area contributed by atoms with Crippen LogP contribution in [0.1, 0.15) is 33.6 Å². The van der Waals surface area contributed by atoms with Crippen molar-refractivity contribution in [3.05, 3.63) is 82.8 Å². The van der Waals surface area contributed by atoms with Crippen LogP contribution >= 0.6 is 0 Å². The lowest BCUT2D eigenvalue weighted by molar-refractivity contribution is -0.141. The summed E-state index contributed by atoms with van der Waals surface area (Å²) in [6.07, 6.45) is 1.59. The maximum atomic E-state index is 12.6. The van der Waals surface area contributed by atoms with E-state index in [0.717, 1.165) is 37.5 Å². The number of carbonyl (C=O) groups excluding carboxylic acids is 1. The van der Waals surface area contributed by atoms with Crippen LogP contribution in [0.25, 0.3) is 11.3 Å². The second-order valence-corrected chi connectivity index (χ2v) is 6.64. The Morgan fingerprint density at radius 1 is 0.933 bits per heavy atom. The molecule has 3 aromatic rings. The molecule has 1 aliphatic carbocycles. The monoisotopic (exact) mass is 421 g/mol. The number of nitrogens with two attached hydrogens (primary N) is 1. The van der Waals surface area contributed by atoms with E-state index in [-0.39, 0.29) is 5.56 Å². The van der Waals surface area contributed by atoms with Crippen molar-refractivity contribution in [2.45, 2.75) is 25.4 Å². The first-order valence-electron chi connectivity index (χ1n) is 8.91. The summed E-state index contributed by atoms with van der Waals surface area (Å²) in [7, 11) is 0. The van der Waals surface area contributed by atoms with E-state index in [1.54, 1.807) is 12.3 Å². The third-order valence-electron chi connectivity index (χ3n) is 4.47.